The second-order valence-electron chi connectivity index (χ2n) is 4.40. The number of hydrogen-bond donors (Lipinski definition) is 1. The fourth-order valence-corrected chi connectivity index (χ4v) is 1.95. The standard InChI is InChI=1S/C13H10O.C6H6S/c14-13(11-7-3-1-4-8-11)12-9-5-2-6-10-12;7-6-4-2-1-3-5-6/h1-10H;1-5,7H. The molecule has 0 saturated heterocycles. The van der Waals surface area contributed by atoms with Crippen LogP contribution in [0.3, 0.4) is 0 Å². The molecule has 0 saturated carbocycles. The van der Waals surface area contributed by atoms with Gasteiger partial charge >= 0.3 is 0 Å². The van der Waals surface area contributed by atoms with Crippen LogP contribution in [0.1, 0.15) is 15.9 Å². The van der Waals surface area contributed by atoms with Gasteiger partial charge in [-0.05, 0) is 12.1 Å². The van der Waals surface area contributed by atoms with Gasteiger partial charge in [-0.15, -0.1) is 12.6 Å². The van der Waals surface area contributed by atoms with E-state index in [0.29, 0.717) is 0 Å². The zero-order chi connectivity index (χ0) is 14.9. The topological polar surface area (TPSA) is 17.1 Å². The van der Waals surface area contributed by atoms with E-state index in [0.717, 1.165) is 16.0 Å². The molecule has 0 spiro atoms. The van der Waals surface area contributed by atoms with Gasteiger partial charge in [0.2, 0.25) is 0 Å². The number of benzene rings is 3. The predicted octanol–water partition coefficient (Wildman–Crippen LogP) is 4.89. The average molecular weight is 292 g/mol. The van der Waals surface area contributed by atoms with Gasteiger partial charge < -0.3 is 0 Å². The van der Waals surface area contributed by atoms with Crippen molar-refractivity contribution in [1.82, 2.24) is 0 Å². The van der Waals surface area contributed by atoms with Crippen LogP contribution in [0.4, 0.5) is 0 Å². The number of carbonyl (C=O) groups is 1. The second kappa shape index (κ2) is 8.08. The molecule has 3 aromatic rings. The number of thiol groups is 1. The van der Waals surface area contributed by atoms with Gasteiger partial charge in [0, 0.05) is 16.0 Å². The van der Waals surface area contributed by atoms with E-state index in [9.17, 15) is 4.79 Å². The van der Waals surface area contributed by atoms with Crippen molar-refractivity contribution in [2.45, 2.75) is 4.90 Å². The van der Waals surface area contributed by atoms with Crippen LogP contribution in [0.5, 0.6) is 0 Å². The highest BCUT2D eigenvalue weighted by atomic mass is 32.1. The van der Waals surface area contributed by atoms with Crippen LogP contribution >= 0.6 is 12.6 Å². The number of ketones is 1. The van der Waals surface area contributed by atoms with Crippen LogP contribution in [0, 0.1) is 0 Å². The normalized spacial score (nSPS) is 9.38. The summed E-state index contributed by atoms with van der Waals surface area (Å²) < 4.78 is 0. The number of hydrogen-bond acceptors (Lipinski definition) is 2. The van der Waals surface area contributed by atoms with Crippen LogP contribution in [0.25, 0.3) is 0 Å². The number of carbonyl (C=O) groups excluding carboxylic acids is 1. The van der Waals surface area contributed by atoms with E-state index in [1.165, 1.54) is 0 Å². The Morgan fingerprint density at radius 2 is 0.905 bits per heavy atom. The Bertz CT molecular complexity index is 622. The Hall–Kier alpha value is -2.32. The fourth-order valence-electron chi connectivity index (χ4n) is 1.77. The minimum absolute atomic E-state index is 0.0752. The van der Waals surface area contributed by atoms with Crippen molar-refractivity contribution in [3.8, 4) is 0 Å². The molecule has 104 valence electrons. The summed E-state index contributed by atoms with van der Waals surface area (Å²) in [7, 11) is 0. The predicted molar refractivity (Wildman–Crippen MR) is 90.0 cm³/mol. The van der Waals surface area contributed by atoms with E-state index in [-0.39, 0.29) is 5.78 Å². The molecule has 0 amide bonds. The highest BCUT2D eigenvalue weighted by Gasteiger charge is 2.06. The molecule has 3 aromatic carbocycles. The minimum atomic E-state index is 0.0752. The van der Waals surface area contributed by atoms with Gasteiger partial charge in [0.15, 0.2) is 5.78 Å². The molecule has 2 heteroatoms. The van der Waals surface area contributed by atoms with Crippen LogP contribution < -0.4 is 0 Å². The van der Waals surface area contributed by atoms with Crippen LogP contribution in [-0.4, -0.2) is 5.78 Å². The summed E-state index contributed by atoms with van der Waals surface area (Å²) in [5, 5.41) is 0. The molecule has 3 rings (SSSR count). The SMILES string of the molecule is O=C(c1ccccc1)c1ccccc1.Sc1ccccc1. The highest BCUT2D eigenvalue weighted by molar-refractivity contribution is 7.80. The van der Waals surface area contributed by atoms with Crippen LogP contribution in [-0.2, 0) is 0 Å². The molecule has 0 aliphatic rings. The van der Waals surface area contributed by atoms with Crippen molar-refractivity contribution in [1.29, 1.82) is 0 Å². The van der Waals surface area contributed by atoms with E-state index in [2.05, 4.69) is 12.6 Å². The average Bonchev–Trinajstić information content (AvgIpc) is 2.57. The summed E-state index contributed by atoms with van der Waals surface area (Å²) in [6, 6.07) is 28.4. The summed E-state index contributed by atoms with van der Waals surface area (Å²) in [5.74, 6) is 0.0752. The van der Waals surface area contributed by atoms with Crippen LogP contribution in [0.15, 0.2) is 95.9 Å². The van der Waals surface area contributed by atoms with Gasteiger partial charge in [0.1, 0.15) is 0 Å². The third kappa shape index (κ3) is 4.93. The summed E-state index contributed by atoms with van der Waals surface area (Å²) >= 11 is 4.08. The van der Waals surface area contributed by atoms with Crippen LogP contribution in [0.2, 0.25) is 0 Å². The van der Waals surface area contributed by atoms with Gasteiger partial charge in [-0.2, -0.15) is 0 Å². The first-order valence-corrected chi connectivity index (χ1v) is 7.11. The van der Waals surface area contributed by atoms with Crippen molar-refractivity contribution < 1.29 is 4.79 Å². The van der Waals surface area contributed by atoms with Crippen molar-refractivity contribution in [3.63, 3.8) is 0 Å². The molecule has 0 radical (unpaired) electrons. The van der Waals surface area contributed by atoms with Gasteiger partial charge in [-0.25, -0.2) is 0 Å². The van der Waals surface area contributed by atoms with Gasteiger partial charge in [-0.3, -0.25) is 4.79 Å². The Balaban J connectivity index is 0.000000194. The lowest BCUT2D eigenvalue weighted by Gasteiger charge is -1.99. The van der Waals surface area contributed by atoms with E-state index in [1.807, 2.05) is 91.0 Å². The van der Waals surface area contributed by atoms with E-state index >= 15 is 0 Å². The maximum absolute atomic E-state index is 11.8. The second-order valence-corrected chi connectivity index (χ2v) is 4.91. The fraction of sp³-hybridized carbons (Fsp3) is 0. The van der Waals surface area contributed by atoms with Crippen molar-refractivity contribution in [3.05, 3.63) is 102 Å². The van der Waals surface area contributed by atoms with E-state index < -0.39 is 0 Å². The van der Waals surface area contributed by atoms with Crippen molar-refractivity contribution >= 4 is 18.4 Å². The van der Waals surface area contributed by atoms with Gasteiger partial charge in [0.05, 0.1) is 0 Å². The lowest BCUT2D eigenvalue weighted by Crippen LogP contribution is -1.99. The monoisotopic (exact) mass is 292 g/mol. The molecule has 0 N–H and O–H groups in total. The Morgan fingerprint density at radius 3 is 1.19 bits per heavy atom. The zero-order valence-corrected chi connectivity index (χ0v) is 12.4. The lowest BCUT2D eigenvalue weighted by atomic mass is 10.0. The number of rotatable bonds is 2. The molecule has 0 aromatic heterocycles. The molecule has 0 heterocycles. The maximum atomic E-state index is 11.8. The maximum Gasteiger partial charge on any atom is 0.193 e. The molecular weight excluding hydrogens is 276 g/mol. The molecule has 0 bridgehead atoms. The summed E-state index contributed by atoms with van der Waals surface area (Å²) in [6.07, 6.45) is 0. The molecule has 21 heavy (non-hydrogen) atoms. The minimum Gasteiger partial charge on any atom is -0.289 e. The molecule has 0 unspecified atom stereocenters. The Morgan fingerprint density at radius 1 is 0.571 bits per heavy atom. The lowest BCUT2D eigenvalue weighted by molar-refractivity contribution is 0.103. The smallest absolute Gasteiger partial charge is 0.193 e. The molecule has 1 nitrogen and oxygen atoms in total. The van der Waals surface area contributed by atoms with E-state index in [4.69, 9.17) is 0 Å². The molecule has 0 aliphatic carbocycles. The third-order valence-electron chi connectivity index (χ3n) is 2.83. The third-order valence-corrected chi connectivity index (χ3v) is 3.13. The first-order chi connectivity index (χ1) is 10.3. The van der Waals surface area contributed by atoms with Crippen molar-refractivity contribution in [2.75, 3.05) is 0 Å². The quantitative estimate of drug-likeness (QED) is 0.525. The van der Waals surface area contributed by atoms with Gasteiger partial charge in [-0.1, -0.05) is 78.9 Å². The van der Waals surface area contributed by atoms with Crippen molar-refractivity contribution in [2.24, 2.45) is 0 Å². The molecule has 0 aliphatic heterocycles. The highest BCUT2D eigenvalue weighted by Crippen LogP contribution is 2.08. The Labute approximate surface area is 130 Å². The zero-order valence-electron chi connectivity index (χ0n) is 11.5. The van der Waals surface area contributed by atoms with Gasteiger partial charge in [0.25, 0.3) is 0 Å². The Kier molecular flexibility index (Phi) is 5.80. The largest absolute Gasteiger partial charge is 0.289 e. The molecule has 0 atom stereocenters. The molecular formula is C19H16OS. The van der Waals surface area contributed by atoms with E-state index in [1.54, 1.807) is 0 Å². The first-order valence-electron chi connectivity index (χ1n) is 6.66. The summed E-state index contributed by atoms with van der Waals surface area (Å²) in [6.45, 7) is 0. The summed E-state index contributed by atoms with van der Waals surface area (Å²) in [5.41, 5.74) is 1.47. The first kappa shape index (κ1) is 15.1. The summed E-state index contributed by atoms with van der Waals surface area (Å²) in [4.78, 5) is 12.9. The molecule has 0 fully saturated rings.